The van der Waals surface area contributed by atoms with Crippen molar-refractivity contribution in [3.8, 4) is 11.8 Å². The Morgan fingerprint density at radius 2 is 2.06 bits per heavy atom. The smallest absolute Gasteiger partial charge is 0.335 e. The van der Waals surface area contributed by atoms with Crippen LogP contribution in [0.1, 0.15) is 23.5 Å². The predicted octanol–water partition coefficient (Wildman–Crippen LogP) is 3.81. The highest BCUT2D eigenvalue weighted by molar-refractivity contribution is 7.16. The summed E-state index contributed by atoms with van der Waals surface area (Å²) in [5.41, 5.74) is 2.21. The standard InChI is InChI=1S/C24H28ClN3O4S/c1-3-4-15-31-20(21-9-10-22(25)33-21)16-28-14-13-27(24(28)32-23(30)17-29)12-11-26-19-8-6-5-7-18(19)2/h5-10,13-14,20,24,26,29H,11-12,15-17H2,1-2H3. The quantitative estimate of drug-likeness (QED) is 0.367. The van der Waals surface area contributed by atoms with Crippen molar-refractivity contribution in [3.63, 3.8) is 0 Å². The molecule has 2 heterocycles. The SMILES string of the molecule is CC#CCOC(CN1C=CN(CCNc2ccccc2C)C1OC(=O)CO)c1ccc(Cl)s1. The fourth-order valence-electron chi connectivity index (χ4n) is 3.36. The topological polar surface area (TPSA) is 74.3 Å². The summed E-state index contributed by atoms with van der Waals surface area (Å²) in [5.74, 6) is 5.05. The number of carbonyl (C=O) groups is 1. The molecule has 0 aliphatic carbocycles. The van der Waals surface area contributed by atoms with Crippen molar-refractivity contribution in [1.82, 2.24) is 9.80 Å². The van der Waals surface area contributed by atoms with Crippen LogP contribution in [-0.4, -0.2) is 60.1 Å². The van der Waals surface area contributed by atoms with Gasteiger partial charge in [0, 0.05) is 36.1 Å². The van der Waals surface area contributed by atoms with E-state index in [9.17, 15) is 9.90 Å². The second-order valence-corrected chi connectivity index (χ2v) is 9.06. The third-order valence-corrected chi connectivity index (χ3v) is 6.36. The molecular formula is C24H28ClN3O4S. The fraction of sp³-hybridized carbons (Fsp3) is 0.375. The number of carbonyl (C=O) groups excluding carboxylic acids is 1. The summed E-state index contributed by atoms with van der Waals surface area (Å²) in [6.45, 7) is 5.04. The van der Waals surface area contributed by atoms with Crippen LogP contribution in [0.3, 0.4) is 0 Å². The number of aliphatic hydroxyl groups is 1. The Morgan fingerprint density at radius 3 is 2.76 bits per heavy atom. The molecule has 2 N–H and O–H groups in total. The van der Waals surface area contributed by atoms with E-state index < -0.39 is 18.9 Å². The number of rotatable bonds is 11. The zero-order valence-corrected chi connectivity index (χ0v) is 20.2. The fourth-order valence-corrected chi connectivity index (χ4v) is 4.46. The van der Waals surface area contributed by atoms with Gasteiger partial charge in [0.15, 0.2) is 0 Å². The average molecular weight is 490 g/mol. The van der Waals surface area contributed by atoms with E-state index in [0.717, 1.165) is 16.1 Å². The number of halogens is 1. The molecule has 0 saturated heterocycles. The first kappa shape index (κ1) is 24.9. The molecule has 2 atom stereocenters. The number of nitrogens with one attached hydrogen (secondary N) is 1. The van der Waals surface area contributed by atoms with Crippen LogP contribution < -0.4 is 5.32 Å². The maximum Gasteiger partial charge on any atom is 0.335 e. The molecule has 9 heteroatoms. The third-order valence-electron chi connectivity index (χ3n) is 5.03. The highest BCUT2D eigenvalue weighted by Gasteiger charge is 2.32. The van der Waals surface area contributed by atoms with E-state index in [1.807, 2.05) is 65.5 Å². The van der Waals surface area contributed by atoms with Crippen molar-refractivity contribution in [3.05, 3.63) is 63.6 Å². The molecule has 0 bridgehead atoms. The van der Waals surface area contributed by atoms with Crippen molar-refractivity contribution in [1.29, 1.82) is 0 Å². The number of ether oxygens (including phenoxy) is 2. The van der Waals surface area contributed by atoms with E-state index >= 15 is 0 Å². The lowest BCUT2D eigenvalue weighted by Crippen LogP contribution is -2.45. The van der Waals surface area contributed by atoms with E-state index in [-0.39, 0.29) is 12.7 Å². The molecule has 0 fully saturated rings. The van der Waals surface area contributed by atoms with E-state index in [1.165, 1.54) is 11.3 Å². The van der Waals surface area contributed by atoms with Crippen molar-refractivity contribution in [2.24, 2.45) is 0 Å². The Labute approximate surface area is 203 Å². The van der Waals surface area contributed by atoms with Gasteiger partial charge in [0.1, 0.15) is 19.3 Å². The highest BCUT2D eigenvalue weighted by Crippen LogP contribution is 2.31. The molecule has 1 aromatic carbocycles. The van der Waals surface area contributed by atoms with E-state index in [2.05, 4.69) is 17.2 Å². The highest BCUT2D eigenvalue weighted by atomic mass is 35.5. The molecule has 0 spiro atoms. The summed E-state index contributed by atoms with van der Waals surface area (Å²) in [6, 6.07) is 11.8. The van der Waals surface area contributed by atoms with E-state index in [0.29, 0.717) is 24.0 Å². The van der Waals surface area contributed by atoms with Gasteiger partial charge in [-0.05, 0) is 37.6 Å². The predicted molar refractivity (Wildman–Crippen MR) is 131 cm³/mol. The molecule has 2 unspecified atom stereocenters. The molecule has 1 aromatic heterocycles. The lowest BCUT2D eigenvalue weighted by atomic mass is 10.2. The van der Waals surface area contributed by atoms with Gasteiger partial charge in [0.05, 0.1) is 10.9 Å². The van der Waals surface area contributed by atoms with Crippen LogP contribution >= 0.6 is 22.9 Å². The number of hydrogen-bond donors (Lipinski definition) is 2. The van der Waals surface area contributed by atoms with Crippen LogP contribution in [0, 0.1) is 18.8 Å². The minimum atomic E-state index is -0.695. The average Bonchev–Trinajstić information content (AvgIpc) is 3.40. The summed E-state index contributed by atoms with van der Waals surface area (Å²) >= 11 is 7.58. The van der Waals surface area contributed by atoms with Gasteiger partial charge in [-0.15, -0.1) is 17.3 Å². The second-order valence-electron chi connectivity index (χ2n) is 7.32. The summed E-state index contributed by atoms with van der Waals surface area (Å²) < 4.78 is 12.2. The Hall–Kier alpha value is -2.70. The second kappa shape index (κ2) is 12.5. The van der Waals surface area contributed by atoms with Crippen LogP contribution in [0.15, 0.2) is 48.8 Å². The molecule has 0 amide bonds. The molecule has 0 saturated carbocycles. The molecule has 33 heavy (non-hydrogen) atoms. The number of benzene rings is 1. The summed E-state index contributed by atoms with van der Waals surface area (Å²) in [4.78, 5) is 16.7. The summed E-state index contributed by atoms with van der Waals surface area (Å²) in [5, 5.41) is 12.6. The van der Waals surface area contributed by atoms with Crippen LogP contribution in [0.25, 0.3) is 0 Å². The molecule has 2 aromatic rings. The number of nitrogens with zero attached hydrogens (tertiary/aromatic N) is 2. The Kier molecular flexibility index (Phi) is 9.46. The van der Waals surface area contributed by atoms with E-state index in [4.69, 9.17) is 21.1 Å². The molecule has 3 rings (SSSR count). The zero-order valence-electron chi connectivity index (χ0n) is 18.7. The molecule has 7 nitrogen and oxygen atoms in total. The van der Waals surface area contributed by atoms with Crippen molar-refractivity contribution in [2.75, 3.05) is 38.2 Å². The van der Waals surface area contributed by atoms with Gasteiger partial charge in [-0.2, -0.15) is 0 Å². The number of aliphatic hydroxyl groups excluding tert-OH is 1. The zero-order chi connectivity index (χ0) is 23.6. The van der Waals surface area contributed by atoms with Crippen LogP contribution in [-0.2, 0) is 14.3 Å². The maximum absolute atomic E-state index is 11.9. The van der Waals surface area contributed by atoms with Crippen LogP contribution in [0.4, 0.5) is 5.69 Å². The maximum atomic E-state index is 11.9. The van der Waals surface area contributed by atoms with Gasteiger partial charge in [0.2, 0.25) is 0 Å². The first-order valence-corrected chi connectivity index (χ1v) is 11.8. The largest absolute Gasteiger partial charge is 0.421 e. The minimum Gasteiger partial charge on any atom is -0.421 e. The number of hydrogen-bond acceptors (Lipinski definition) is 8. The third kappa shape index (κ3) is 7.14. The van der Waals surface area contributed by atoms with Gasteiger partial charge in [-0.25, -0.2) is 4.79 Å². The molecule has 1 aliphatic heterocycles. The number of esters is 1. The Morgan fingerprint density at radius 1 is 1.27 bits per heavy atom. The Bertz CT molecular complexity index is 1020. The minimum absolute atomic E-state index is 0.277. The first-order chi connectivity index (χ1) is 16.0. The van der Waals surface area contributed by atoms with Gasteiger partial charge >= 0.3 is 5.97 Å². The van der Waals surface area contributed by atoms with Gasteiger partial charge in [0.25, 0.3) is 6.35 Å². The number of para-hydroxylation sites is 1. The van der Waals surface area contributed by atoms with E-state index in [1.54, 1.807) is 6.92 Å². The molecule has 0 radical (unpaired) electrons. The monoisotopic (exact) mass is 489 g/mol. The van der Waals surface area contributed by atoms with Crippen molar-refractivity contribution in [2.45, 2.75) is 26.3 Å². The molecule has 1 aliphatic rings. The first-order valence-electron chi connectivity index (χ1n) is 10.6. The molecular weight excluding hydrogens is 462 g/mol. The Balaban J connectivity index is 1.68. The normalized spacial score (nSPS) is 15.8. The number of aryl methyl sites for hydroxylation is 1. The lowest BCUT2D eigenvalue weighted by molar-refractivity contribution is -0.173. The van der Waals surface area contributed by atoms with Crippen molar-refractivity contribution >= 4 is 34.6 Å². The van der Waals surface area contributed by atoms with Crippen LogP contribution in [0.5, 0.6) is 0 Å². The van der Waals surface area contributed by atoms with Crippen LogP contribution in [0.2, 0.25) is 4.34 Å². The van der Waals surface area contributed by atoms with Gasteiger partial charge in [-0.1, -0.05) is 35.7 Å². The van der Waals surface area contributed by atoms with Crippen molar-refractivity contribution < 1.29 is 19.4 Å². The van der Waals surface area contributed by atoms with Gasteiger partial charge in [-0.3, -0.25) is 0 Å². The number of anilines is 1. The van der Waals surface area contributed by atoms with Gasteiger partial charge < -0.3 is 29.7 Å². The lowest BCUT2D eigenvalue weighted by Gasteiger charge is -2.33. The summed E-state index contributed by atoms with van der Waals surface area (Å²) in [6.07, 6.45) is 2.73. The molecule has 176 valence electrons. The number of thiophene rings is 1. The summed E-state index contributed by atoms with van der Waals surface area (Å²) in [7, 11) is 0.